The van der Waals surface area contributed by atoms with Gasteiger partial charge in [0.25, 0.3) is 0 Å². The molecular formula is C17H25NO2S. The van der Waals surface area contributed by atoms with E-state index in [1.54, 1.807) is 17.4 Å². The van der Waals surface area contributed by atoms with Crippen molar-refractivity contribution in [2.45, 2.75) is 46.1 Å². The lowest BCUT2D eigenvalue weighted by Gasteiger charge is -2.40. The van der Waals surface area contributed by atoms with Gasteiger partial charge in [0, 0.05) is 22.4 Å². The Balaban J connectivity index is 1.88. The summed E-state index contributed by atoms with van der Waals surface area (Å²) in [6.45, 7) is 7.99. The lowest BCUT2D eigenvalue weighted by Crippen LogP contribution is -2.38. The van der Waals surface area contributed by atoms with Crippen LogP contribution in [0.2, 0.25) is 0 Å². The van der Waals surface area contributed by atoms with E-state index in [0.29, 0.717) is 5.41 Å². The first kappa shape index (κ1) is 16.2. The lowest BCUT2D eigenvalue weighted by atomic mass is 9.74. The average molecular weight is 307 g/mol. The molecule has 0 saturated carbocycles. The molecule has 21 heavy (non-hydrogen) atoms. The molecule has 0 unspecified atom stereocenters. The Morgan fingerprint density at radius 2 is 2.00 bits per heavy atom. The zero-order chi connectivity index (χ0) is 15.3. The van der Waals surface area contributed by atoms with E-state index >= 15 is 0 Å². The van der Waals surface area contributed by atoms with Crippen LogP contribution in [0.4, 0.5) is 0 Å². The molecule has 1 N–H and O–H groups in total. The highest BCUT2D eigenvalue weighted by Gasteiger charge is 2.31. The van der Waals surface area contributed by atoms with Crippen molar-refractivity contribution in [2.75, 3.05) is 13.1 Å². The lowest BCUT2D eigenvalue weighted by molar-refractivity contribution is -0.131. The number of carboxylic acids is 1. The minimum atomic E-state index is -0.892. The van der Waals surface area contributed by atoms with E-state index in [0.717, 1.165) is 11.4 Å². The normalized spacial score (nSPS) is 19.1. The van der Waals surface area contributed by atoms with Crippen LogP contribution in [0.15, 0.2) is 18.2 Å². The van der Waals surface area contributed by atoms with Crippen LogP contribution in [0.3, 0.4) is 0 Å². The van der Waals surface area contributed by atoms with Gasteiger partial charge in [0.1, 0.15) is 0 Å². The van der Waals surface area contributed by atoms with Gasteiger partial charge in [0.2, 0.25) is 0 Å². The first-order valence-corrected chi connectivity index (χ1v) is 8.60. The predicted octanol–water partition coefficient (Wildman–Crippen LogP) is 4.25. The molecule has 116 valence electrons. The molecule has 1 aromatic rings. The van der Waals surface area contributed by atoms with Crippen LogP contribution < -0.4 is 0 Å². The second-order valence-electron chi connectivity index (χ2n) is 5.96. The summed E-state index contributed by atoms with van der Waals surface area (Å²) in [5, 5.41) is 8.65. The summed E-state index contributed by atoms with van der Waals surface area (Å²) in [6.07, 6.45) is 8.06. The van der Waals surface area contributed by atoms with Gasteiger partial charge in [-0.1, -0.05) is 26.7 Å². The number of piperidine rings is 1. The summed E-state index contributed by atoms with van der Waals surface area (Å²) in [5.74, 6) is -0.892. The van der Waals surface area contributed by atoms with Gasteiger partial charge in [0.15, 0.2) is 0 Å². The van der Waals surface area contributed by atoms with E-state index < -0.39 is 5.97 Å². The van der Waals surface area contributed by atoms with Crippen molar-refractivity contribution >= 4 is 23.4 Å². The molecule has 4 heteroatoms. The maximum atomic E-state index is 10.5. The average Bonchev–Trinajstić information content (AvgIpc) is 2.94. The molecule has 2 rings (SSSR count). The molecule has 1 aromatic heterocycles. The minimum Gasteiger partial charge on any atom is -0.478 e. The summed E-state index contributed by atoms with van der Waals surface area (Å²) in [7, 11) is 0. The monoisotopic (exact) mass is 307 g/mol. The number of nitrogens with zero attached hydrogens (tertiary/aromatic N) is 1. The molecule has 0 amide bonds. The fourth-order valence-electron chi connectivity index (χ4n) is 3.09. The highest BCUT2D eigenvalue weighted by atomic mass is 32.1. The molecule has 3 nitrogen and oxygen atoms in total. The Kier molecular flexibility index (Phi) is 5.59. The number of hydrogen-bond donors (Lipinski definition) is 1. The first-order chi connectivity index (χ1) is 10.1. The Morgan fingerprint density at radius 1 is 1.33 bits per heavy atom. The third-order valence-electron chi connectivity index (χ3n) is 4.87. The molecule has 1 aliphatic heterocycles. The first-order valence-electron chi connectivity index (χ1n) is 7.79. The SMILES string of the molecule is CCC1(CC)CCN(Cc2ccc(C=CC(=O)O)s2)CC1. The molecular weight excluding hydrogens is 282 g/mol. The zero-order valence-corrected chi connectivity index (χ0v) is 13.8. The summed E-state index contributed by atoms with van der Waals surface area (Å²) < 4.78 is 0. The van der Waals surface area contributed by atoms with E-state index in [2.05, 4.69) is 24.8 Å². The van der Waals surface area contributed by atoms with E-state index in [4.69, 9.17) is 5.11 Å². The smallest absolute Gasteiger partial charge is 0.328 e. The van der Waals surface area contributed by atoms with Crippen molar-refractivity contribution in [3.8, 4) is 0 Å². The summed E-state index contributed by atoms with van der Waals surface area (Å²) in [6, 6.07) is 4.12. The van der Waals surface area contributed by atoms with Crippen molar-refractivity contribution < 1.29 is 9.90 Å². The number of rotatable bonds is 6. The van der Waals surface area contributed by atoms with Gasteiger partial charge in [-0.25, -0.2) is 4.79 Å². The Labute approximate surface area is 131 Å². The number of carbonyl (C=O) groups is 1. The number of carboxylic acid groups (broad SMARTS) is 1. The van der Waals surface area contributed by atoms with Gasteiger partial charge < -0.3 is 5.11 Å². The van der Waals surface area contributed by atoms with E-state index in [9.17, 15) is 4.79 Å². The van der Waals surface area contributed by atoms with Crippen LogP contribution in [-0.2, 0) is 11.3 Å². The Hall–Kier alpha value is -1.13. The van der Waals surface area contributed by atoms with Crippen LogP contribution in [0.5, 0.6) is 0 Å². The van der Waals surface area contributed by atoms with Crippen molar-refractivity contribution in [2.24, 2.45) is 5.41 Å². The van der Waals surface area contributed by atoms with Gasteiger partial charge in [0.05, 0.1) is 0 Å². The quantitative estimate of drug-likeness (QED) is 0.799. The van der Waals surface area contributed by atoms with Crippen LogP contribution in [0.25, 0.3) is 6.08 Å². The minimum absolute atomic E-state index is 0.571. The summed E-state index contributed by atoms with van der Waals surface area (Å²) in [5.41, 5.74) is 0.571. The maximum absolute atomic E-state index is 10.5. The van der Waals surface area contributed by atoms with E-state index in [-0.39, 0.29) is 0 Å². The number of likely N-dealkylation sites (tertiary alicyclic amines) is 1. The van der Waals surface area contributed by atoms with Gasteiger partial charge in [-0.15, -0.1) is 11.3 Å². The third-order valence-corrected chi connectivity index (χ3v) is 5.90. The van der Waals surface area contributed by atoms with Gasteiger partial charge >= 0.3 is 5.97 Å². The number of hydrogen-bond acceptors (Lipinski definition) is 3. The van der Waals surface area contributed by atoms with Crippen LogP contribution in [0, 0.1) is 5.41 Å². The molecule has 0 aromatic carbocycles. The van der Waals surface area contributed by atoms with Gasteiger partial charge in [-0.2, -0.15) is 0 Å². The van der Waals surface area contributed by atoms with Crippen molar-refractivity contribution in [1.82, 2.24) is 4.90 Å². The van der Waals surface area contributed by atoms with E-state index in [1.165, 1.54) is 49.7 Å². The van der Waals surface area contributed by atoms with Gasteiger partial charge in [-0.3, -0.25) is 4.90 Å². The summed E-state index contributed by atoms with van der Waals surface area (Å²) >= 11 is 1.69. The van der Waals surface area contributed by atoms with Crippen LogP contribution in [-0.4, -0.2) is 29.1 Å². The topological polar surface area (TPSA) is 40.5 Å². The predicted molar refractivity (Wildman–Crippen MR) is 88.5 cm³/mol. The summed E-state index contributed by atoms with van der Waals surface area (Å²) in [4.78, 5) is 15.4. The molecule has 0 aliphatic carbocycles. The number of aliphatic carboxylic acids is 1. The maximum Gasteiger partial charge on any atom is 0.328 e. The fourth-order valence-corrected chi connectivity index (χ4v) is 4.04. The molecule has 0 bridgehead atoms. The standard InChI is InChI=1S/C17H25NO2S/c1-3-17(4-2)9-11-18(12-10-17)13-15-6-5-14(21-15)7-8-16(19)20/h5-8H,3-4,9-13H2,1-2H3,(H,19,20). The van der Waals surface area contributed by atoms with Crippen LogP contribution in [0.1, 0.15) is 49.3 Å². The largest absolute Gasteiger partial charge is 0.478 e. The zero-order valence-electron chi connectivity index (χ0n) is 13.0. The second kappa shape index (κ2) is 7.23. The second-order valence-corrected chi connectivity index (χ2v) is 7.16. The molecule has 2 heterocycles. The van der Waals surface area contributed by atoms with E-state index in [1.807, 2.05) is 6.07 Å². The molecule has 1 fully saturated rings. The Morgan fingerprint density at radius 3 is 2.57 bits per heavy atom. The molecule has 0 radical (unpaired) electrons. The number of thiophene rings is 1. The van der Waals surface area contributed by atoms with Crippen molar-refractivity contribution in [1.29, 1.82) is 0 Å². The van der Waals surface area contributed by atoms with Crippen molar-refractivity contribution in [3.63, 3.8) is 0 Å². The molecule has 1 saturated heterocycles. The van der Waals surface area contributed by atoms with Gasteiger partial charge in [-0.05, 0) is 49.6 Å². The molecule has 0 atom stereocenters. The highest BCUT2D eigenvalue weighted by molar-refractivity contribution is 7.12. The molecule has 0 spiro atoms. The van der Waals surface area contributed by atoms with Crippen LogP contribution >= 0.6 is 11.3 Å². The van der Waals surface area contributed by atoms with Crippen molar-refractivity contribution in [3.05, 3.63) is 28.0 Å². The molecule has 1 aliphatic rings. The third kappa shape index (κ3) is 4.42. The highest BCUT2D eigenvalue weighted by Crippen LogP contribution is 2.38. The fraction of sp³-hybridized carbons (Fsp3) is 0.588. The Bertz CT molecular complexity index is 493.